The van der Waals surface area contributed by atoms with Crippen LogP contribution >= 0.6 is 0 Å². The van der Waals surface area contributed by atoms with Crippen LogP contribution in [0.25, 0.3) is 0 Å². The van der Waals surface area contributed by atoms with Crippen LogP contribution in [0.5, 0.6) is 0 Å². The van der Waals surface area contributed by atoms with Gasteiger partial charge in [0.05, 0.1) is 23.9 Å². The molecule has 1 aromatic carbocycles. The number of carbonyl (C=O) groups excluding carboxylic acids is 1. The molecule has 0 spiro atoms. The molecule has 0 aliphatic heterocycles. The Morgan fingerprint density at radius 1 is 1.33 bits per heavy atom. The molecule has 1 aromatic rings. The molecule has 2 amide bonds. The van der Waals surface area contributed by atoms with E-state index in [9.17, 15) is 9.59 Å². The van der Waals surface area contributed by atoms with E-state index in [1.807, 2.05) is 13.8 Å². The second-order valence-corrected chi connectivity index (χ2v) is 5.21. The zero-order chi connectivity index (χ0) is 16.0. The number of ether oxygens (including phenoxy) is 1. The molecule has 0 heterocycles. The van der Waals surface area contributed by atoms with E-state index in [0.29, 0.717) is 17.9 Å². The number of para-hydroxylation sites is 1. The first-order valence-electron chi connectivity index (χ1n) is 6.76. The van der Waals surface area contributed by atoms with Crippen molar-refractivity contribution in [1.82, 2.24) is 5.32 Å². The summed E-state index contributed by atoms with van der Waals surface area (Å²) in [7, 11) is 1.57. The fraction of sp³-hybridized carbons (Fsp3) is 0.467. The average molecular weight is 294 g/mol. The summed E-state index contributed by atoms with van der Waals surface area (Å²) in [5.41, 5.74) is 1.07. The molecule has 1 atom stereocenters. The minimum atomic E-state index is -1.08. The Balaban J connectivity index is 2.86. The van der Waals surface area contributed by atoms with E-state index in [2.05, 4.69) is 10.6 Å². The van der Waals surface area contributed by atoms with Gasteiger partial charge in [-0.2, -0.15) is 0 Å². The van der Waals surface area contributed by atoms with Gasteiger partial charge in [0.2, 0.25) is 0 Å². The Bertz CT molecular complexity index is 514. The van der Waals surface area contributed by atoms with E-state index < -0.39 is 12.0 Å². The maximum absolute atomic E-state index is 12.1. The number of carboxylic acid groups (broad SMARTS) is 1. The summed E-state index contributed by atoms with van der Waals surface area (Å²) < 4.78 is 5.07. The summed E-state index contributed by atoms with van der Waals surface area (Å²) >= 11 is 0. The van der Waals surface area contributed by atoms with Gasteiger partial charge in [-0.1, -0.05) is 26.0 Å². The maximum atomic E-state index is 12.1. The molecule has 0 saturated carbocycles. The Hall–Kier alpha value is -2.08. The van der Waals surface area contributed by atoms with Gasteiger partial charge in [0.25, 0.3) is 0 Å². The molecule has 3 N–H and O–H groups in total. The summed E-state index contributed by atoms with van der Waals surface area (Å²) in [6, 6.07) is 4.26. The van der Waals surface area contributed by atoms with E-state index in [-0.39, 0.29) is 17.5 Å². The first-order chi connectivity index (χ1) is 9.86. The van der Waals surface area contributed by atoms with E-state index in [0.717, 1.165) is 0 Å². The van der Waals surface area contributed by atoms with Crippen molar-refractivity contribution in [2.75, 3.05) is 19.0 Å². The molecule has 0 bridgehead atoms. The van der Waals surface area contributed by atoms with Crippen molar-refractivity contribution in [2.45, 2.75) is 26.8 Å². The van der Waals surface area contributed by atoms with Crippen LogP contribution in [-0.2, 0) is 4.74 Å². The fourth-order valence-corrected chi connectivity index (χ4v) is 1.91. The van der Waals surface area contributed by atoms with Crippen molar-refractivity contribution in [3.63, 3.8) is 0 Å². The number of aryl methyl sites for hydroxylation is 1. The van der Waals surface area contributed by atoms with E-state index in [1.165, 1.54) is 6.07 Å². The number of hydrogen-bond donors (Lipinski definition) is 3. The number of anilines is 1. The Morgan fingerprint density at radius 3 is 2.52 bits per heavy atom. The molecule has 0 radical (unpaired) electrons. The number of rotatable bonds is 6. The molecule has 6 nitrogen and oxygen atoms in total. The van der Waals surface area contributed by atoms with Gasteiger partial charge < -0.3 is 20.5 Å². The topological polar surface area (TPSA) is 87.7 Å². The highest BCUT2D eigenvalue weighted by Gasteiger charge is 2.18. The number of benzene rings is 1. The lowest BCUT2D eigenvalue weighted by Gasteiger charge is -2.22. The highest BCUT2D eigenvalue weighted by atomic mass is 16.5. The molecule has 1 rings (SSSR count). The van der Waals surface area contributed by atoms with Gasteiger partial charge >= 0.3 is 12.0 Å². The second kappa shape index (κ2) is 7.64. The summed E-state index contributed by atoms with van der Waals surface area (Å²) in [4.78, 5) is 23.3. The van der Waals surface area contributed by atoms with E-state index >= 15 is 0 Å². The number of aromatic carboxylic acids is 1. The van der Waals surface area contributed by atoms with Gasteiger partial charge in [0.1, 0.15) is 0 Å². The Kier molecular flexibility index (Phi) is 6.17. The molecule has 1 unspecified atom stereocenters. The molecule has 0 aliphatic carbocycles. The number of carbonyl (C=O) groups is 2. The summed E-state index contributed by atoms with van der Waals surface area (Å²) in [5, 5.41) is 14.6. The largest absolute Gasteiger partial charge is 0.478 e. The third-order valence-electron chi connectivity index (χ3n) is 3.21. The maximum Gasteiger partial charge on any atom is 0.337 e. The van der Waals surface area contributed by atoms with Crippen molar-refractivity contribution < 1.29 is 19.4 Å². The summed E-state index contributed by atoms with van der Waals surface area (Å²) in [6.45, 7) is 6.09. The van der Waals surface area contributed by atoms with Crippen LogP contribution in [0.15, 0.2) is 18.2 Å². The lowest BCUT2D eigenvalue weighted by molar-refractivity contribution is 0.0698. The lowest BCUT2D eigenvalue weighted by Crippen LogP contribution is -2.44. The number of hydrogen-bond acceptors (Lipinski definition) is 3. The van der Waals surface area contributed by atoms with E-state index in [1.54, 1.807) is 26.2 Å². The van der Waals surface area contributed by atoms with Crippen LogP contribution in [0, 0.1) is 12.8 Å². The lowest BCUT2D eigenvalue weighted by atomic mass is 10.1. The molecule has 21 heavy (non-hydrogen) atoms. The van der Waals surface area contributed by atoms with E-state index in [4.69, 9.17) is 9.84 Å². The van der Waals surface area contributed by atoms with Gasteiger partial charge in [0.15, 0.2) is 0 Å². The molecular formula is C15H22N2O4. The third-order valence-corrected chi connectivity index (χ3v) is 3.21. The van der Waals surface area contributed by atoms with Gasteiger partial charge in [-0.3, -0.25) is 0 Å². The first kappa shape index (κ1) is 17.0. The zero-order valence-electron chi connectivity index (χ0n) is 12.8. The molecule has 116 valence electrons. The standard InChI is InChI=1S/C15H22N2O4/c1-9(2)12(8-21-4)16-15(20)17-13-10(3)6-5-7-11(13)14(18)19/h5-7,9,12H,8H2,1-4H3,(H,18,19)(H2,16,17,20). The van der Waals surface area contributed by atoms with Crippen LogP contribution in [0.3, 0.4) is 0 Å². The second-order valence-electron chi connectivity index (χ2n) is 5.21. The van der Waals surface area contributed by atoms with Crippen molar-refractivity contribution >= 4 is 17.7 Å². The number of nitrogens with one attached hydrogen (secondary N) is 2. The Labute approximate surface area is 124 Å². The van der Waals surface area contributed by atoms with Crippen LogP contribution in [0.1, 0.15) is 29.8 Å². The highest BCUT2D eigenvalue weighted by Crippen LogP contribution is 2.20. The number of carboxylic acids is 1. The monoisotopic (exact) mass is 294 g/mol. The highest BCUT2D eigenvalue weighted by molar-refractivity contribution is 6.01. The minimum Gasteiger partial charge on any atom is -0.478 e. The van der Waals surface area contributed by atoms with Crippen molar-refractivity contribution in [2.24, 2.45) is 5.92 Å². The van der Waals surface area contributed by atoms with Crippen molar-refractivity contribution in [3.05, 3.63) is 29.3 Å². The van der Waals surface area contributed by atoms with Gasteiger partial charge in [-0.15, -0.1) is 0 Å². The zero-order valence-corrected chi connectivity index (χ0v) is 12.8. The van der Waals surface area contributed by atoms with Gasteiger partial charge in [-0.25, -0.2) is 9.59 Å². The molecule has 6 heteroatoms. The number of amides is 2. The molecule has 0 fully saturated rings. The third kappa shape index (κ3) is 4.75. The normalized spacial score (nSPS) is 12.0. The van der Waals surface area contributed by atoms with Crippen molar-refractivity contribution in [3.8, 4) is 0 Å². The molecule has 0 aliphatic rings. The van der Waals surface area contributed by atoms with Crippen molar-refractivity contribution in [1.29, 1.82) is 0 Å². The minimum absolute atomic E-state index is 0.0676. The van der Waals surface area contributed by atoms with Crippen LogP contribution < -0.4 is 10.6 Å². The van der Waals surface area contributed by atoms with Crippen LogP contribution in [0.2, 0.25) is 0 Å². The fourth-order valence-electron chi connectivity index (χ4n) is 1.91. The molecule has 0 aromatic heterocycles. The predicted octanol–water partition coefficient (Wildman–Crippen LogP) is 2.49. The van der Waals surface area contributed by atoms with Gasteiger partial charge in [0, 0.05) is 7.11 Å². The average Bonchev–Trinajstić information content (AvgIpc) is 2.40. The Morgan fingerprint density at radius 2 is 2.00 bits per heavy atom. The predicted molar refractivity (Wildman–Crippen MR) is 80.8 cm³/mol. The smallest absolute Gasteiger partial charge is 0.337 e. The number of urea groups is 1. The molecular weight excluding hydrogens is 272 g/mol. The summed E-state index contributed by atoms with van der Waals surface area (Å²) in [5.74, 6) is -0.877. The SMILES string of the molecule is COCC(NC(=O)Nc1c(C)cccc1C(=O)O)C(C)C. The van der Waals surface area contributed by atoms with Crippen LogP contribution in [0.4, 0.5) is 10.5 Å². The van der Waals surface area contributed by atoms with Gasteiger partial charge in [-0.05, 0) is 24.5 Å². The quantitative estimate of drug-likeness (QED) is 0.752. The first-order valence-corrected chi connectivity index (χ1v) is 6.76. The molecule has 0 saturated heterocycles. The van der Waals surface area contributed by atoms with Crippen LogP contribution in [-0.4, -0.2) is 36.9 Å². The summed E-state index contributed by atoms with van der Waals surface area (Å²) in [6.07, 6.45) is 0. The number of methoxy groups -OCH3 is 1.